The second-order valence-electron chi connectivity index (χ2n) is 7.39. The number of imidazole rings is 2. The van der Waals surface area contributed by atoms with Gasteiger partial charge in [0, 0.05) is 0 Å². The van der Waals surface area contributed by atoms with E-state index in [-0.39, 0.29) is 0 Å². The zero-order valence-corrected chi connectivity index (χ0v) is 15.8. The van der Waals surface area contributed by atoms with E-state index in [1.165, 1.54) is 27.8 Å². The van der Waals surface area contributed by atoms with Crippen molar-refractivity contribution in [2.45, 2.75) is 6.42 Å². The van der Waals surface area contributed by atoms with Crippen LogP contribution in [0.25, 0.3) is 39.0 Å². The SMILES string of the molecule is c1ccc2c(c1)Cc1ccccc1-2.c1ccc2c(c1)nc1[nH]c3ccccc3n12. The molecule has 7 rings (SSSR count). The van der Waals surface area contributed by atoms with E-state index in [0.29, 0.717) is 0 Å². The van der Waals surface area contributed by atoms with E-state index in [1.807, 2.05) is 30.3 Å². The number of benzene rings is 4. The molecular weight excluding hydrogens is 354 g/mol. The van der Waals surface area contributed by atoms with Crippen LogP contribution in [0.2, 0.25) is 0 Å². The molecule has 29 heavy (non-hydrogen) atoms. The summed E-state index contributed by atoms with van der Waals surface area (Å²) < 4.78 is 2.16. The highest BCUT2D eigenvalue weighted by molar-refractivity contribution is 5.89. The van der Waals surface area contributed by atoms with Crippen molar-refractivity contribution in [3.05, 3.63) is 108 Å². The standard InChI is InChI=1S/C13H9N3.C13H10/c1-3-7-11-9(5-1)14-13-15-10-6-2-4-8-12(10)16(11)13;1-3-7-12-10(5-1)9-11-6-2-4-8-13(11)12/h1-8H,(H,14,15);1-8H,9H2. The lowest BCUT2D eigenvalue weighted by Crippen LogP contribution is -1.78. The molecule has 138 valence electrons. The number of para-hydroxylation sites is 4. The Morgan fingerprint density at radius 2 is 1.21 bits per heavy atom. The minimum Gasteiger partial charge on any atom is -0.323 e. The van der Waals surface area contributed by atoms with Crippen molar-refractivity contribution in [1.29, 1.82) is 0 Å². The lowest BCUT2D eigenvalue weighted by Gasteiger charge is -1.98. The molecule has 0 unspecified atom stereocenters. The van der Waals surface area contributed by atoms with Gasteiger partial charge in [-0.2, -0.15) is 0 Å². The summed E-state index contributed by atoms with van der Waals surface area (Å²) in [6, 6.07) is 33.7. The van der Waals surface area contributed by atoms with Gasteiger partial charge in [-0.05, 0) is 52.9 Å². The van der Waals surface area contributed by atoms with Gasteiger partial charge in [-0.3, -0.25) is 4.40 Å². The van der Waals surface area contributed by atoms with E-state index in [4.69, 9.17) is 0 Å². The summed E-state index contributed by atoms with van der Waals surface area (Å²) in [5.74, 6) is 0.905. The molecule has 6 aromatic rings. The van der Waals surface area contributed by atoms with E-state index in [0.717, 1.165) is 28.7 Å². The Morgan fingerprint density at radius 1 is 0.621 bits per heavy atom. The van der Waals surface area contributed by atoms with Crippen LogP contribution in [0.3, 0.4) is 0 Å². The van der Waals surface area contributed by atoms with Crippen molar-refractivity contribution in [3.63, 3.8) is 0 Å². The third-order valence-corrected chi connectivity index (χ3v) is 5.66. The Morgan fingerprint density at radius 3 is 1.97 bits per heavy atom. The normalized spacial score (nSPS) is 12.0. The molecule has 2 aromatic heterocycles. The lowest BCUT2D eigenvalue weighted by atomic mass is 10.1. The van der Waals surface area contributed by atoms with Crippen LogP contribution < -0.4 is 0 Å². The summed E-state index contributed by atoms with van der Waals surface area (Å²) in [5.41, 5.74) is 10.2. The molecule has 0 radical (unpaired) electrons. The van der Waals surface area contributed by atoms with Gasteiger partial charge in [0.05, 0.1) is 22.1 Å². The van der Waals surface area contributed by atoms with Gasteiger partial charge in [0.2, 0.25) is 5.78 Å². The number of hydrogen-bond donors (Lipinski definition) is 1. The van der Waals surface area contributed by atoms with Crippen LogP contribution in [0.1, 0.15) is 11.1 Å². The van der Waals surface area contributed by atoms with Crippen molar-refractivity contribution in [1.82, 2.24) is 14.4 Å². The summed E-state index contributed by atoms with van der Waals surface area (Å²) in [4.78, 5) is 7.88. The van der Waals surface area contributed by atoms with Crippen LogP contribution in [-0.4, -0.2) is 14.4 Å². The summed E-state index contributed by atoms with van der Waals surface area (Å²) >= 11 is 0. The fourth-order valence-corrected chi connectivity index (χ4v) is 4.33. The lowest BCUT2D eigenvalue weighted by molar-refractivity contribution is 1.26. The van der Waals surface area contributed by atoms with Crippen LogP contribution in [0.5, 0.6) is 0 Å². The van der Waals surface area contributed by atoms with Gasteiger partial charge >= 0.3 is 0 Å². The number of nitrogens with zero attached hydrogens (tertiary/aromatic N) is 2. The molecule has 1 aliphatic carbocycles. The van der Waals surface area contributed by atoms with E-state index in [2.05, 4.69) is 81.1 Å². The van der Waals surface area contributed by atoms with Crippen LogP contribution in [0.15, 0.2) is 97.1 Å². The summed E-state index contributed by atoms with van der Waals surface area (Å²) in [5, 5.41) is 0. The second kappa shape index (κ2) is 6.35. The van der Waals surface area contributed by atoms with Crippen molar-refractivity contribution < 1.29 is 0 Å². The van der Waals surface area contributed by atoms with E-state index in [1.54, 1.807) is 0 Å². The molecule has 2 heterocycles. The fraction of sp³-hybridized carbons (Fsp3) is 0.0385. The summed E-state index contributed by atoms with van der Waals surface area (Å²) in [6.07, 6.45) is 1.10. The zero-order chi connectivity index (χ0) is 19.2. The van der Waals surface area contributed by atoms with Crippen LogP contribution in [-0.2, 0) is 6.42 Å². The molecule has 1 N–H and O–H groups in total. The van der Waals surface area contributed by atoms with Gasteiger partial charge in [0.15, 0.2) is 0 Å². The largest absolute Gasteiger partial charge is 0.323 e. The highest BCUT2D eigenvalue weighted by Gasteiger charge is 2.15. The molecule has 3 heteroatoms. The minimum atomic E-state index is 0.905. The predicted molar refractivity (Wildman–Crippen MR) is 119 cm³/mol. The molecule has 0 amide bonds. The monoisotopic (exact) mass is 373 g/mol. The second-order valence-corrected chi connectivity index (χ2v) is 7.39. The van der Waals surface area contributed by atoms with Crippen LogP contribution >= 0.6 is 0 Å². The van der Waals surface area contributed by atoms with E-state index < -0.39 is 0 Å². The number of fused-ring (bicyclic) bond motifs is 8. The van der Waals surface area contributed by atoms with Gasteiger partial charge in [0.25, 0.3) is 0 Å². The first-order chi connectivity index (χ1) is 14.4. The molecule has 0 aliphatic heterocycles. The van der Waals surface area contributed by atoms with Crippen molar-refractivity contribution >= 4 is 27.8 Å². The van der Waals surface area contributed by atoms with Gasteiger partial charge in [0.1, 0.15) is 0 Å². The molecule has 0 spiro atoms. The van der Waals surface area contributed by atoms with Gasteiger partial charge < -0.3 is 4.98 Å². The average molecular weight is 373 g/mol. The minimum absolute atomic E-state index is 0.905. The maximum Gasteiger partial charge on any atom is 0.213 e. The molecule has 0 fully saturated rings. The maximum absolute atomic E-state index is 4.56. The first-order valence-corrected chi connectivity index (χ1v) is 9.88. The highest BCUT2D eigenvalue weighted by Crippen LogP contribution is 2.35. The Kier molecular flexibility index (Phi) is 3.53. The molecular formula is C26H19N3. The summed E-state index contributed by atoms with van der Waals surface area (Å²) in [7, 11) is 0. The number of rotatable bonds is 0. The number of H-pyrrole nitrogens is 1. The highest BCUT2D eigenvalue weighted by atomic mass is 15.1. The molecule has 0 atom stereocenters. The number of nitrogens with one attached hydrogen (secondary N) is 1. The molecule has 0 bridgehead atoms. The topological polar surface area (TPSA) is 33.1 Å². The third kappa shape index (κ3) is 2.55. The Bertz CT molecular complexity index is 1380. The molecule has 1 aliphatic rings. The molecule has 0 saturated heterocycles. The Balaban J connectivity index is 0.000000117. The van der Waals surface area contributed by atoms with Crippen molar-refractivity contribution in [2.75, 3.05) is 0 Å². The predicted octanol–water partition coefficient (Wildman–Crippen LogP) is 6.23. The zero-order valence-electron chi connectivity index (χ0n) is 15.8. The number of aromatic nitrogens is 3. The average Bonchev–Trinajstić information content (AvgIpc) is 3.43. The first kappa shape index (κ1) is 16.1. The van der Waals surface area contributed by atoms with E-state index >= 15 is 0 Å². The van der Waals surface area contributed by atoms with E-state index in [9.17, 15) is 0 Å². The number of aromatic amines is 1. The van der Waals surface area contributed by atoms with Gasteiger partial charge in [-0.15, -0.1) is 0 Å². The van der Waals surface area contributed by atoms with Gasteiger partial charge in [-0.1, -0.05) is 72.8 Å². The molecule has 3 nitrogen and oxygen atoms in total. The quantitative estimate of drug-likeness (QED) is 0.336. The maximum atomic E-state index is 4.56. The number of hydrogen-bond acceptors (Lipinski definition) is 1. The molecule has 4 aromatic carbocycles. The first-order valence-electron chi connectivity index (χ1n) is 9.88. The van der Waals surface area contributed by atoms with Gasteiger partial charge in [-0.25, -0.2) is 4.98 Å². The Hall–Kier alpha value is -3.85. The summed E-state index contributed by atoms with van der Waals surface area (Å²) in [6.45, 7) is 0. The third-order valence-electron chi connectivity index (χ3n) is 5.66. The van der Waals surface area contributed by atoms with Crippen molar-refractivity contribution in [2.24, 2.45) is 0 Å². The fourth-order valence-electron chi connectivity index (χ4n) is 4.33. The van der Waals surface area contributed by atoms with Crippen molar-refractivity contribution in [3.8, 4) is 11.1 Å². The van der Waals surface area contributed by atoms with Crippen LogP contribution in [0, 0.1) is 0 Å². The Labute approximate surface area is 168 Å². The molecule has 0 saturated carbocycles. The smallest absolute Gasteiger partial charge is 0.213 e. The van der Waals surface area contributed by atoms with Crippen LogP contribution in [0.4, 0.5) is 0 Å².